The number of methoxy groups -OCH3 is 1. The van der Waals surface area contributed by atoms with Crippen LogP contribution >= 0.6 is 0 Å². The lowest BCUT2D eigenvalue weighted by Gasteiger charge is -2.18. The molecule has 0 spiro atoms. The van der Waals surface area contributed by atoms with Crippen LogP contribution in [-0.4, -0.2) is 22.4 Å². The fourth-order valence-corrected chi connectivity index (χ4v) is 3.58. The van der Waals surface area contributed by atoms with Gasteiger partial charge in [-0.1, -0.05) is 23.3 Å². The monoisotopic (exact) mass is 436 g/mol. The normalized spacial score (nSPS) is 10.8. The van der Waals surface area contributed by atoms with E-state index in [1.807, 2.05) is 39.8 Å². The van der Waals surface area contributed by atoms with Gasteiger partial charge in [0.25, 0.3) is 0 Å². The van der Waals surface area contributed by atoms with Crippen molar-refractivity contribution in [2.24, 2.45) is 0 Å². The summed E-state index contributed by atoms with van der Waals surface area (Å²) < 4.78 is 11.2. The molecule has 0 aliphatic carbocycles. The number of benzene rings is 2. The molecule has 2 aromatic carbocycles. The molecule has 3 rings (SSSR count). The molecule has 1 aromatic heterocycles. The molecule has 6 heteroatoms. The van der Waals surface area contributed by atoms with Crippen molar-refractivity contribution in [2.45, 2.75) is 40.5 Å². The van der Waals surface area contributed by atoms with E-state index in [0.717, 1.165) is 17.2 Å². The van der Waals surface area contributed by atoms with E-state index in [2.05, 4.69) is 0 Å². The first-order valence-electron chi connectivity index (χ1n) is 10.3. The highest BCUT2D eigenvalue weighted by Gasteiger charge is 2.22. The zero-order chi connectivity index (χ0) is 23.6. The first-order valence-corrected chi connectivity index (χ1v) is 10.3. The predicted molar refractivity (Wildman–Crippen MR) is 126 cm³/mol. The van der Waals surface area contributed by atoms with Crippen LogP contribution in [0, 0.1) is 0 Å². The van der Waals surface area contributed by atoms with Crippen LogP contribution in [-0.2, 0) is 12.8 Å². The molecule has 168 valence electrons. The number of phenols is 3. The Hall–Kier alpha value is -3.67. The minimum absolute atomic E-state index is 0.0219. The summed E-state index contributed by atoms with van der Waals surface area (Å²) in [6, 6.07) is 4.15. The van der Waals surface area contributed by atoms with Crippen LogP contribution in [0.1, 0.15) is 38.8 Å². The van der Waals surface area contributed by atoms with Gasteiger partial charge >= 0.3 is 0 Å². The summed E-state index contributed by atoms with van der Waals surface area (Å²) in [5.74, 6) is -0.238. The molecule has 0 saturated carbocycles. The van der Waals surface area contributed by atoms with Gasteiger partial charge in [-0.15, -0.1) is 0 Å². The minimum atomic E-state index is -0.442. The Bertz CT molecular complexity index is 1290. The van der Waals surface area contributed by atoms with Gasteiger partial charge in [-0.25, -0.2) is 0 Å². The standard InChI is InChI=1S/C26H28O6/c1-14(2)6-8-16-10-19(18(9-7-15(3)4)26(31-5)24(16)29)20-13-32-22-12-17(27)11-21(28)23(22)25(20)30/h6-7,10-13,27-29H,8-9H2,1-5H3. The third-order valence-corrected chi connectivity index (χ3v) is 5.22. The van der Waals surface area contributed by atoms with E-state index in [0.29, 0.717) is 35.3 Å². The van der Waals surface area contributed by atoms with Gasteiger partial charge in [-0.2, -0.15) is 0 Å². The molecule has 0 bridgehead atoms. The van der Waals surface area contributed by atoms with Gasteiger partial charge in [0.05, 0.1) is 12.7 Å². The summed E-state index contributed by atoms with van der Waals surface area (Å²) in [4.78, 5) is 13.4. The molecule has 0 fully saturated rings. The Morgan fingerprint density at radius 2 is 1.62 bits per heavy atom. The van der Waals surface area contributed by atoms with E-state index in [-0.39, 0.29) is 33.8 Å². The van der Waals surface area contributed by atoms with Gasteiger partial charge in [0, 0.05) is 23.3 Å². The predicted octanol–water partition coefficient (Wildman–Crippen LogP) is 5.60. The average molecular weight is 437 g/mol. The highest BCUT2D eigenvalue weighted by molar-refractivity contribution is 5.89. The van der Waals surface area contributed by atoms with Crippen molar-refractivity contribution in [1.82, 2.24) is 0 Å². The van der Waals surface area contributed by atoms with Crippen molar-refractivity contribution >= 4 is 11.0 Å². The van der Waals surface area contributed by atoms with Crippen LogP contribution in [0.25, 0.3) is 22.1 Å². The van der Waals surface area contributed by atoms with Crippen molar-refractivity contribution in [3.8, 4) is 34.1 Å². The third-order valence-electron chi connectivity index (χ3n) is 5.22. The fraction of sp³-hybridized carbons (Fsp3) is 0.269. The molecule has 0 radical (unpaired) electrons. The van der Waals surface area contributed by atoms with E-state index in [4.69, 9.17) is 9.15 Å². The van der Waals surface area contributed by atoms with E-state index in [9.17, 15) is 20.1 Å². The van der Waals surface area contributed by atoms with Crippen LogP contribution in [0.4, 0.5) is 0 Å². The molecule has 0 saturated heterocycles. The lowest BCUT2D eigenvalue weighted by atomic mass is 9.92. The van der Waals surface area contributed by atoms with Gasteiger partial charge < -0.3 is 24.5 Å². The topological polar surface area (TPSA) is 100 Å². The molecule has 1 heterocycles. The summed E-state index contributed by atoms with van der Waals surface area (Å²) in [5, 5.41) is 30.9. The maximum Gasteiger partial charge on any atom is 0.204 e. The van der Waals surface area contributed by atoms with Gasteiger partial charge in [0.1, 0.15) is 28.7 Å². The van der Waals surface area contributed by atoms with E-state index in [1.54, 1.807) is 6.07 Å². The molecule has 0 aliphatic heterocycles. The van der Waals surface area contributed by atoms with Crippen LogP contribution in [0.3, 0.4) is 0 Å². The highest BCUT2D eigenvalue weighted by Crippen LogP contribution is 2.41. The Morgan fingerprint density at radius 1 is 0.969 bits per heavy atom. The molecule has 3 N–H and O–H groups in total. The lowest BCUT2D eigenvalue weighted by Crippen LogP contribution is -2.08. The number of fused-ring (bicyclic) bond motifs is 1. The number of allylic oxidation sites excluding steroid dienone is 4. The first kappa shape index (κ1) is 23.0. The van der Waals surface area contributed by atoms with Gasteiger partial charge in [-0.05, 0) is 52.2 Å². The second-order valence-electron chi connectivity index (χ2n) is 8.23. The van der Waals surface area contributed by atoms with E-state index in [1.165, 1.54) is 19.4 Å². The van der Waals surface area contributed by atoms with Crippen LogP contribution < -0.4 is 10.2 Å². The molecule has 0 amide bonds. The quantitative estimate of drug-likeness (QED) is 0.435. The van der Waals surface area contributed by atoms with Crippen LogP contribution in [0.2, 0.25) is 0 Å². The molecule has 6 nitrogen and oxygen atoms in total. The van der Waals surface area contributed by atoms with Gasteiger partial charge in [0.15, 0.2) is 11.5 Å². The Balaban J connectivity index is 2.38. The van der Waals surface area contributed by atoms with Gasteiger partial charge in [0.2, 0.25) is 5.43 Å². The highest BCUT2D eigenvalue weighted by atomic mass is 16.5. The van der Waals surface area contributed by atoms with Crippen molar-refractivity contribution in [2.75, 3.05) is 7.11 Å². The van der Waals surface area contributed by atoms with Crippen molar-refractivity contribution < 1.29 is 24.5 Å². The molecular weight excluding hydrogens is 408 g/mol. The number of hydrogen-bond donors (Lipinski definition) is 3. The summed E-state index contributed by atoms with van der Waals surface area (Å²) in [6.07, 6.45) is 6.15. The average Bonchev–Trinajstić information content (AvgIpc) is 2.71. The zero-order valence-corrected chi connectivity index (χ0v) is 18.9. The lowest BCUT2D eigenvalue weighted by molar-refractivity contribution is 0.368. The second-order valence-corrected chi connectivity index (χ2v) is 8.23. The Kier molecular flexibility index (Phi) is 6.63. The van der Waals surface area contributed by atoms with E-state index < -0.39 is 5.43 Å². The number of phenolic OH excluding ortho intramolecular Hbond substituents is 3. The fourth-order valence-electron chi connectivity index (χ4n) is 3.58. The maximum atomic E-state index is 13.4. The number of aromatic hydroxyl groups is 3. The van der Waals surface area contributed by atoms with Crippen LogP contribution in [0.15, 0.2) is 57.0 Å². The largest absolute Gasteiger partial charge is 0.508 e. The SMILES string of the molecule is COc1c(O)c(CC=C(C)C)cc(-c2coc3cc(O)cc(O)c3c2=O)c1CC=C(C)C. The Morgan fingerprint density at radius 3 is 2.25 bits per heavy atom. The second kappa shape index (κ2) is 9.22. The van der Waals surface area contributed by atoms with Crippen molar-refractivity contribution in [3.05, 3.63) is 69.1 Å². The summed E-state index contributed by atoms with van der Waals surface area (Å²) in [5.41, 5.74) is 3.83. The molecule has 0 aliphatic rings. The maximum absolute atomic E-state index is 13.4. The summed E-state index contributed by atoms with van der Waals surface area (Å²) in [7, 11) is 1.48. The van der Waals surface area contributed by atoms with Gasteiger partial charge in [-0.3, -0.25) is 4.79 Å². The smallest absolute Gasteiger partial charge is 0.204 e. The minimum Gasteiger partial charge on any atom is -0.508 e. The number of ether oxygens (including phenoxy) is 1. The van der Waals surface area contributed by atoms with E-state index >= 15 is 0 Å². The zero-order valence-electron chi connectivity index (χ0n) is 18.9. The molecule has 32 heavy (non-hydrogen) atoms. The summed E-state index contributed by atoms with van der Waals surface area (Å²) in [6.45, 7) is 7.86. The molecule has 3 aromatic rings. The number of hydrogen-bond acceptors (Lipinski definition) is 6. The molecule has 0 atom stereocenters. The Labute approximate surface area is 186 Å². The first-order chi connectivity index (χ1) is 15.1. The number of rotatable bonds is 6. The van der Waals surface area contributed by atoms with Crippen LogP contribution in [0.5, 0.6) is 23.0 Å². The van der Waals surface area contributed by atoms with Crippen molar-refractivity contribution in [3.63, 3.8) is 0 Å². The molecule has 0 unspecified atom stereocenters. The van der Waals surface area contributed by atoms with Crippen molar-refractivity contribution in [1.29, 1.82) is 0 Å². The third kappa shape index (κ3) is 4.49. The summed E-state index contributed by atoms with van der Waals surface area (Å²) >= 11 is 0. The molecular formula is C26H28O6.